The molecule has 30 heavy (non-hydrogen) atoms. The molecule has 0 aliphatic heterocycles. The average Bonchev–Trinajstić information content (AvgIpc) is 3.37. The summed E-state index contributed by atoms with van der Waals surface area (Å²) in [5.74, 6) is -0.458. The summed E-state index contributed by atoms with van der Waals surface area (Å²) in [6.07, 6.45) is 2.95. The molecule has 0 radical (unpaired) electrons. The summed E-state index contributed by atoms with van der Waals surface area (Å²) in [7, 11) is 0. The molecule has 2 aromatic heterocycles. The summed E-state index contributed by atoms with van der Waals surface area (Å²) in [5, 5.41) is 6.09. The number of hydrogen-bond donors (Lipinski definition) is 3. The first kappa shape index (κ1) is 18.5. The third kappa shape index (κ3) is 3.47. The van der Waals surface area contributed by atoms with Crippen LogP contribution in [-0.4, -0.2) is 27.8 Å². The van der Waals surface area contributed by atoms with Gasteiger partial charge in [-0.2, -0.15) is 0 Å². The molecule has 1 amide bonds. The highest BCUT2D eigenvalue weighted by atomic mass is 19.1. The zero-order valence-corrected chi connectivity index (χ0v) is 16.2. The van der Waals surface area contributed by atoms with Gasteiger partial charge in [0.1, 0.15) is 12.0 Å². The van der Waals surface area contributed by atoms with Crippen molar-refractivity contribution in [1.29, 1.82) is 0 Å². The quantitative estimate of drug-likeness (QED) is 0.578. The number of rotatable bonds is 5. The molecule has 2 aliphatic carbocycles. The Morgan fingerprint density at radius 3 is 2.73 bits per heavy atom. The highest BCUT2D eigenvalue weighted by molar-refractivity contribution is 6.07. The van der Waals surface area contributed by atoms with Gasteiger partial charge in [-0.3, -0.25) is 9.59 Å². The topological polar surface area (TPSA) is 86.9 Å². The number of halogens is 1. The second kappa shape index (κ2) is 7.40. The van der Waals surface area contributed by atoms with Gasteiger partial charge in [0.25, 0.3) is 0 Å². The summed E-state index contributed by atoms with van der Waals surface area (Å²) >= 11 is 0. The van der Waals surface area contributed by atoms with Crippen LogP contribution in [-0.2, 0) is 11.2 Å². The molecular weight excluding hydrogens is 383 g/mol. The van der Waals surface area contributed by atoms with E-state index in [1.165, 1.54) is 0 Å². The Morgan fingerprint density at radius 2 is 1.97 bits per heavy atom. The van der Waals surface area contributed by atoms with Crippen molar-refractivity contribution in [3.63, 3.8) is 0 Å². The molecule has 5 rings (SSSR count). The van der Waals surface area contributed by atoms with E-state index in [1.54, 1.807) is 12.3 Å². The van der Waals surface area contributed by atoms with Crippen LogP contribution in [0.1, 0.15) is 35.3 Å². The minimum atomic E-state index is -1.06. The molecule has 3 aromatic rings. The van der Waals surface area contributed by atoms with Crippen LogP contribution in [0.2, 0.25) is 0 Å². The van der Waals surface area contributed by atoms with E-state index in [4.69, 9.17) is 0 Å². The number of hydrogen-bond acceptors (Lipinski definition) is 4. The summed E-state index contributed by atoms with van der Waals surface area (Å²) < 4.78 is 13.2. The van der Waals surface area contributed by atoms with Crippen molar-refractivity contribution in [1.82, 2.24) is 9.97 Å². The molecule has 2 aliphatic rings. The fourth-order valence-electron chi connectivity index (χ4n) is 3.91. The number of pyridine rings is 1. The number of Topliss-reactive ketones (excluding diaryl/α,β-unsaturated/α-hetero) is 1. The van der Waals surface area contributed by atoms with E-state index in [0.29, 0.717) is 17.8 Å². The first-order valence-corrected chi connectivity index (χ1v) is 10.1. The highest BCUT2D eigenvalue weighted by Gasteiger charge is 2.43. The largest absolute Gasteiger partial charge is 0.356 e. The lowest BCUT2D eigenvalue weighted by Gasteiger charge is -2.14. The molecular formula is C23H21FN4O2. The molecule has 0 spiro atoms. The van der Waals surface area contributed by atoms with E-state index in [1.807, 2.05) is 36.4 Å². The Hall–Kier alpha value is -3.48. The number of benzene rings is 1. The van der Waals surface area contributed by atoms with Crippen LogP contribution in [0.4, 0.5) is 21.6 Å². The molecule has 0 saturated heterocycles. The summed E-state index contributed by atoms with van der Waals surface area (Å²) in [5.41, 5.74) is 4.78. The SMILES string of the molecule is O=C1CCCc2[nH]c(-c3ccnc(NC(=O)C4C[C@H]4F)c3)c(Nc3ccccc3)c21. The van der Waals surface area contributed by atoms with Crippen LogP contribution < -0.4 is 10.6 Å². The van der Waals surface area contributed by atoms with Gasteiger partial charge in [-0.25, -0.2) is 9.37 Å². The summed E-state index contributed by atoms with van der Waals surface area (Å²) in [6.45, 7) is 0. The van der Waals surface area contributed by atoms with Crippen molar-refractivity contribution >= 4 is 28.9 Å². The lowest BCUT2D eigenvalue weighted by molar-refractivity contribution is -0.117. The highest BCUT2D eigenvalue weighted by Crippen LogP contribution is 2.39. The Kier molecular flexibility index (Phi) is 4.58. The summed E-state index contributed by atoms with van der Waals surface area (Å²) in [4.78, 5) is 32.4. The van der Waals surface area contributed by atoms with Crippen LogP contribution in [0.3, 0.4) is 0 Å². The molecule has 6 nitrogen and oxygen atoms in total. The fraction of sp³-hybridized carbons (Fsp3) is 0.261. The van der Waals surface area contributed by atoms with Crippen molar-refractivity contribution in [2.75, 3.05) is 10.6 Å². The third-order valence-corrected chi connectivity index (χ3v) is 5.58. The second-order valence-electron chi connectivity index (χ2n) is 7.77. The predicted molar refractivity (Wildman–Crippen MR) is 113 cm³/mol. The molecule has 2 heterocycles. The van der Waals surface area contributed by atoms with Crippen molar-refractivity contribution in [3.05, 3.63) is 59.9 Å². The zero-order valence-electron chi connectivity index (χ0n) is 16.2. The first-order valence-electron chi connectivity index (χ1n) is 10.1. The fourth-order valence-corrected chi connectivity index (χ4v) is 3.91. The van der Waals surface area contributed by atoms with Gasteiger partial charge >= 0.3 is 0 Å². The monoisotopic (exact) mass is 404 g/mol. The van der Waals surface area contributed by atoms with Gasteiger partial charge in [0.15, 0.2) is 5.78 Å². The lowest BCUT2D eigenvalue weighted by atomic mass is 9.95. The minimum absolute atomic E-state index is 0.113. The van der Waals surface area contributed by atoms with Crippen molar-refractivity contribution < 1.29 is 14.0 Å². The summed E-state index contributed by atoms with van der Waals surface area (Å²) in [6, 6.07) is 13.2. The van der Waals surface area contributed by atoms with Crippen molar-refractivity contribution in [2.24, 2.45) is 5.92 Å². The van der Waals surface area contributed by atoms with E-state index in [0.717, 1.165) is 41.2 Å². The number of H-pyrrole nitrogens is 1. The number of aromatic amines is 1. The van der Waals surface area contributed by atoms with Crippen LogP contribution in [0.25, 0.3) is 11.3 Å². The Labute approximate surface area is 172 Å². The number of carbonyl (C=O) groups is 2. The number of nitrogens with one attached hydrogen (secondary N) is 3. The minimum Gasteiger partial charge on any atom is -0.356 e. The van der Waals surface area contributed by atoms with Crippen LogP contribution >= 0.6 is 0 Å². The lowest BCUT2D eigenvalue weighted by Crippen LogP contribution is -2.15. The molecule has 7 heteroatoms. The maximum atomic E-state index is 13.2. The van der Waals surface area contributed by atoms with Crippen LogP contribution in [0.5, 0.6) is 0 Å². The molecule has 0 bridgehead atoms. The number of fused-ring (bicyclic) bond motifs is 1. The van der Waals surface area contributed by atoms with E-state index in [-0.39, 0.29) is 18.1 Å². The predicted octanol–water partition coefficient (Wildman–Crippen LogP) is 4.64. The number of carbonyl (C=O) groups excluding carboxylic acids is 2. The second-order valence-corrected chi connectivity index (χ2v) is 7.77. The number of alkyl halides is 1. The average molecular weight is 404 g/mol. The van der Waals surface area contributed by atoms with Gasteiger partial charge in [-0.1, -0.05) is 18.2 Å². The number of para-hydroxylation sites is 1. The molecule has 1 aromatic carbocycles. The normalized spacial score (nSPS) is 19.8. The maximum Gasteiger partial charge on any atom is 0.231 e. The molecule has 2 atom stereocenters. The Morgan fingerprint density at radius 1 is 1.17 bits per heavy atom. The van der Waals surface area contributed by atoms with Crippen LogP contribution in [0, 0.1) is 5.92 Å². The number of aryl methyl sites for hydroxylation is 1. The van der Waals surface area contributed by atoms with Gasteiger partial charge in [-0.05, 0) is 43.5 Å². The van der Waals surface area contributed by atoms with Gasteiger partial charge in [0.2, 0.25) is 5.91 Å². The van der Waals surface area contributed by atoms with Crippen molar-refractivity contribution in [3.8, 4) is 11.3 Å². The number of anilines is 3. The molecule has 152 valence electrons. The Bertz CT molecular complexity index is 1130. The first-order chi connectivity index (χ1) is 14.6. The zero-order chi connectivity index (χ0) is 20.7. The molecule has 1 saturated carbocycles. The standard InChI is InChI=1S/C23H21FN4O2/c24-16-12-15(16)23(30)28-19-11-13(9-10-25-19)21-22(26-14-5-2-1-3-6-14)20-17(27-21)7-4-8-18(20)29/h1-3,5-6,9-11,15-16,26-27H,4,7-8,12H2,(H,25,28,30)/t15?,16-/m1/s1. The van der Waals surface area contributed by atoms with Gasteiger partial charge < -0.3 is 15.6 Å². The Balaban J connectivity index is 1.53. The van der Waals surface area contributed by atoms with Crippen LogP contribution in [0.15, 0.2) is 48.7 Å². The van der Waals surface area contributed by atoms with E-state index in [9.17, 15) is 14.0 Å². The van der Waals surface area contributed by atoms with E-state index < -0.39 is 12.1 Å². The number of amides is 1. The molecule has 1 unspecified atom stereocenters. The maximum absolute atomic E-state index is 13.2. The van der Waals surface area contributed by atoms with Gasteiger partial charge in [0.05, 0.1) is 22.9 Å². The number of ketones is 1. The molecule has 1 fully saturated rings. The number of aromatic nitrogens is 2. The van der Waals surface area contributed by atoms with Crippen molar-refractivity contribution in [2.45, 2.75) is 31.9 Å². The molecule has 3 N–H and O–H groups in total. The van der Waals surface area contributed by atoms with Gasteiger partial charge in [0, 0.05) is 29.6 Å². The third-order valence-electron chi connectivity index (χ3n) is 5.58. The van der Waals surface area contributed by atoms with E-state index in [2.05, 4.69) is 20.6 Å². The number of nitrogens with zero attached hydrogens (tertiary/aromatic N) is 1. The smallest absolute Gasteiger partial charge is 0.231 e. The van der Waals surface area contributed by atoms with E-state index >= 15 is 0 Å². The van der Waals surface area contributed by atoms with Gasteiger partial charge in [-0.15, -0.1) is 0 Å².